The first-order valence-corrected chi connectivity index (χ1v) is 5.32. The minimum Gasteiger partial charge on any atom is -0.496 e. The van der Waals surface area contributed by atoms with Crippen molar-refractivity contribution >= 4 is 0 Å². The highest BCUT2D eigenvalue weighted by Gasteiger charge is 2.23. The van der Waals surface area contributed by atoms with E-state index in [1.54, 1.807) is 13.2 Å². The summed E-state index contributed by atoms with van der Waals surface area (Å²) in [6.45, 7) is 1.67. The van der Waals surface area contributed by atoms with Crippen LogP contribution in [0.4, 0.5) is 0 Å². The topological polar surface area (TPSA) is 58.9 Å². The first-order valence-electron chi connectivity index (χ1n) is 5.32. The molecule has 2 N–H and O–H groups in total. The van der Waals surface area contributed by atoms with E-state index in [9.17, 15) is 5.11 Å². The third kappa shape index (κ3) is 1.86. The number of aliphatic hydroxyl groups is 2. The van der Waals surface area contributed by atoms with E-state index in [-0.39, 0.29) is 12.7 Å². The van der Waals surface area contributed by atoms with E-state index in [1.165, 1.54) is 0 Å². The highest BCUT2D eigenvalue weighted by atomic mass is 16.5. The number of fused-ring (bicyclic) bond motifs is 1. The van der Waals surface area contributed by atoms with Crippen molar-refractivity contribution in [3.05, 3.63) is 23.3 Å². The van der Waals surface area contributed by atoms with Crippen molar-refractivity contribution in [1.29, 1.82) is 0 Å². The highest BCUT2D eigenvalue weighted by molar-refractivity contribution is 5.49. The van der Waals surface area contributed by atoms with Crippen LogP contribution in [0.25, 0.3) is 0 Å². The van der Waals surface area contributed by atoms with Crippen molar-refractivity contribution in [2.75, 3.05) is 13.7 Å². The Bertz CT molecular complexity index is 389. The second-order valence-electron chi connectivity index (χ2n) is 4.03. The van der Waals surface area contributed by atoms with Gasteiger partial charge in [0, 0.05) is 17.5 Å². The summed E-state index contributed by atoms with van der Waals surface area (Å²) in [4.78, 5) is 0. The minimum atomic E-state index is -0.931. The van der Waals surface area contributed by atoms with Gasteiger partial charge in [-0.15, -0.1) is 0 Å². The zero-order valence-electron chi connectivity index (χ0n) is 9.43. The van der Waals surface area contributed by atoms with E-state index < -0.39 is 6.10 Å². The van der Waals surface area contributed by atoms with Crippen LogP contribution in [0.15, 0.2) is 12.1 Å². The van der Waals surface area contributed by atoms with Crippen LogP contribution in [0, 0.1) is 0 Å². The monoisotopic (exact) mass is 224 g/mol. The second-order valence-corrected chi connectivity index (χ2v) is 4.03. The molecule has 4 heteroatoms. The molecule has 16 heavy (non-hydrogen) atoms. The van der Waals surface area contributed by atoms with E-state index in [0.717, 1.165) is 17.7 Å². The lowest BCUT2D eigenvalue weighted by Crippen LogP contribution is -2.06. The first-order chi connectivity index (χ1) is 7.65. The Morgan fingerprint density at radius 1 is 1.56 bits per heavy atom. The van der Waals surface area contributed by atoms with Gasteiger partial charge >= 0.3 is 0 Å². The zero-order chi connectivity index (χ0) is 11.7. The van der Waals surface area contributed by atoms with Gasteiger partial charge in [0.2, 0.25) is 0 Å². The van der Waals surface area contributed by atoms with Gasteiger partial charge in [0.25, 0.3) is 0 Å². The number of aliphatic hydroxyl groups excluding tert-OH is 2. The standard InChI is InChI=1S/C12H16O4/c1-7-3-8-4-12(15-2)9(10(14)6-13)5-11(8)16-7/h4-5,7,10,13-14H,3,6H2,1-2H3. The minimum absolute atomic E-state index is 0.154. The Labute approximate surface area is 94.4 Å². The van der Waals surface area contributed by atoms with Crippen LogP contribution >= 0.6 is 0 Å². The van der Waals surface area contributed by atoms with Crippen LogP contribution in [-0.2, 0) is 6.42 Å². The predicted octanol–water partition coefficient (Wildman–Crippen LogP) is 1.04. The number of methoxy groups -OCH3 is 1. The maximum atomic E-state index is 9.65. The van der Waals surface area contributed by atoms with E-state index in [1.807, 2.05) is 13.0 Å². The summed E-state index contributed by atoms with van der Waals surface area (Å²) in [7, 11) is 1.55. The molecule has 4 nitrogen and oxygen atoms in total. The highest BCUT2D eigenvalue weighted by Crippen LogP contribution is 2.37. The van der Waals surface area contributed by atoms with Crippen molar-refractivity contribution in [3.8, 4) is 11.5 Å². The van der Waals surface area contributed by atoms with Gasteiger partial charge in [-0.2, -0.15) is 0 Å². The molecule has 0 fully saturated rings. The molecule has 0 saturated heterocycles. The van der Waals surface area contributed by atoms with Crippen LogP contribution in [-0.4, -0.2) is 30.0 Å². The normalized spacial score (nSPS) is 20.1. The van der Waals surface area contributed by atoms with E-state index in [2.05, 4.69) is 0 Å². The lowest BCUT2D eigenvalue weighted by atomic mass is 10.0. The SMILES string of the molecule is COc1cc2c(cc1C(O)CO)OC(C)C2. The maximum Gasteiger partial charge on any atom is 0.125 e. The molecule has 0 aromatic heterocycles. The fourth-order valence-electron chi connectivity index (χ4n) is 1.99. The quantitative estimate of drug-likeness (QED) is 0.805. The number of rotatable bonds is 3. The van der Waals surface area contributed by atoms with E-state index in [0.29, 0.717) is 11.3 Å². The Kier molecular flexibility index (Phi) is 3.03. The molecule has 0 aliphatic carbocycles. The Balaban J connectivity index is 2.42. The van der Waals surface area contributed by atoms with Crippen molar-refractivity contribution in [1.82, 2.24) is 0 Å². The van der Waals surface area contributed by atoms with Crippen LogP contribution in [0.5, 0.6) is 11.5 Å². The van der Waals surface area contributed by atoms with E-state index >= 15 is 0 Å². The smallest absolute Gasteiger partial charge is 0.125 e. The molecule has 1 aromatic rings. The fraction of sp³-hybridized carbons (Fsp3) is 0.500. The van der Waals surface area contributed by atoms with Crippen LogP contribution in [0.3, 0.4) is 0 Å². The molecule has 0 bridgehead atoms. The maximum absolute atomic E-state index is 9.65. The van der Waals surface area contributed by atoms with Crippen LogP contribution in [0.2, 0.25) is 0 Å². The van der Waals surface area contributed by atoms with Crippen molar-refractivity contribution in [2.24, 2.45) is 0 Å². The molecule has 1 aliphatic rings. The van der Waals surface area contributed by atoms with Crippen molar-refractivity contribution in [3.63, 3.8) is 0 Å². The first kappa shape index (κ1) is 11.2. The molecule has 0 saturated carbocycles. The summed E-state index contributed by atoms with van der Waals surface area (Å²) in [6, 6.07) is 3.62. The second kappa shape index (κ2) is 4.31. The third-order valence-corrected chi connectivity index (χ3v) is 2.78. The summed E-state index contributed by atoms with van der Waals surface area (Å²) in [5.74, 6) is 1.37. The molecule has 2 unspecified atom stereocenters. The average molecular weight is 224 g/mol. The van der Waals surface area contributed by atoms with Gasteiger partial charge in [0.05, 0.1) is 13.7 Å². The van der Waals surface area contributed by atoms with Gasteiger partial charge in [-0.1, -0.05) is 0 Å². The molecule has 0 radical (unpaired) electrons. The van der Waals surface area contributed by atoms with E-state index in [4.69, 9.17) is 14.6 Å². The molecule has 0 spiro atoms. The summed E-state index contributed by atoms with van der Waals surface area (Å²) in [6.07, 6.45) is 0.0715. The molecule has 0 amide bonds. The van der Waals surface area contributed by atoms with Gasteiger partial charge in [-0.25, -0.2) is 0 Å². The molecule has 2 atom stereocenters. The summed E-state index contributed by atoms with van der Waals surface area (Å²) < 4.78 is 10.8. The average Bonchev–Trinajstić information content (AvgIpc) is 2.65. The predicted molar refractivity (Wildman–Crippen MR) is 58.8 cm³/mol. The molecule has 1 aliphatic heterocycles. The van der Waals surface area contributed by atoms with Gasteiger partial charge in [-0.3, -0.25) is 0 Å². The fourth-order valence-corrected chi connectivity index (χ4v) is 1.99. The van der Waals surface area contributed by atoms with Crippen molar-refractivity contribution < 1.29 is 19.7 Å². The number of hydrogen-bond donors (Lipinski definition) is 2. The molecule has 1 heterocycles. The Hall–Kier alpha value is -1.26. The number of benzene rings is 1. The summed E-state index contributed by atoms with van der Waals surface area (Å²) in [5.41, 5.74) is 1.65. The number of ether oxygens (including phenoxy) is 2. The molecule has 88 valence electrons. The van der Waals surface area contributed by atoms with Gasteiger partial charge in [0.1, 0.15) is 23.7 Å². The summed E-state index contributed by atoms with van der Waals surface area (Å²) >= 11 is 0. The molecular weight excluding hydrogens is 208 g/mol. The lowest BCUT2D eigenvalue weighted by Gasteiger charge is -2.14. The van der Waals surface area contributed by atoms with Gasteiger partial charge < -0.3 is 19.7 Å². The number of hydrogen-bond acceptors (Lipinski definition) is 4. The lowest BCUT2D eigenvalue weighted by molar-refractivity contribution is 0.0931. The zero-order valence-corrected chi connectivity index (χ0v) is 9.43. The third-order valence-electron chi connectivity index (χ3n) is 2.78. The molecule has 1 aromatic carbocycles. The Morgan fingerprint density at radius 2 is 2.31 bits per heavy atom. The molecule has 2 rings (SSSR count). The Morgan fingerprint density at radius 3 is 2.94 bits per heavy atom. The van der Waals surface area contributed by atoms with Gasteiger partial charge in [0.15, 0.2) is 0 Å². The van der Waals surface area contributed by atoms with Crippen LogP contribution < -0.4 is 9.47 Å². The summed E-state index contributed by atoms with van der Waals surface area (Å²) in [5, 5.41) is 18.6. The van der Waals surface area contributed by atoms with Gasteiger partial charge in [-0.05, 0) is 19.1 Å². The van der Waals surface area contributed by atoms with Crippen molar-refractivity contribution in [2.45, 2.75) is 25.6 Å². The molecular formula is C12H16O4. The largest absolute Gasteiger partial charge is 0.496 e. The van der Waals surface area contributed by atoms with Crippen LogP contribution in [0.1, 0.15) is 24.2 Å².